The summed E-state index contributed by atoms with van der Waals surface area (Å²) >= 11 is 1.35. The van der Waals surface area contributed by atoms with E-state index in [0.29, 0.717) is 11.1 Å². The Morgan fingerprint density at radius 2 is 2.15 bits per heavy atom. The number of rotatable bonds is 3. The molecule has 0 aliphatic carbocycles. The molecule has 1 unspecified atom stereocenters. The topological polar surface area (TPSA) is 63.7 Å². The number of allylic oxidation sites excluding steroid dienone is 1. The van der Waals surface area contributed by atoms with Crippen molar-refractivity contribution in [3.63, 3.8) is 0 Å². The van der Waals surface area contributed by atoms with Crippen molar-refractivity contribution >= 4 is 37.7 Å². The van der Waals surface area contributed by atoms with Gasteiger partial charge in [0, 0.05) is 21.8 Å². The van der Waals surface area contributed by atoms with Crippen LogP contribution in [0.1, 0.15) is 28.2 Å². The van der Waals surface area contributed by atoms with E-state index in [-0.39, 0.29) is 0 Å². The van der Waals surface area contributed by atoms with Crippen LogP contribution in [0.15, 0.2) is 35.4 Å². The van der Waals surface area contributed by atoms with E-state index in [2.05, 4.69) is 4.74 Å². The first kappa shape index (κ1) is 15.2. The lowest BCUT2D eigenvalue weighted by molar-refractivity contribution is 0.0600. The molecule has 0 spiro atoms. The van der Waals surface area contributed by atoms with E-state index in [9.17, 15) is 13.2 Å². The minimum atomic E-state index is -3.88. The number of ether oxygens (including phenoxy) is 1. The lowest BCUT2D eigenvalue weighted by atomic mass is 10.1. The zero-order valence-electron chi connectivity index (χ0n) is 10.7. The minimum Gasteiger partial charge on any atom is -0.465 e. The standard InChI is InChI=1S/C12H12ClNO4S2/c1-8-7-14(20(13,16)17)11(19-8)9-4-3-5-10(6-9)12(15)18-2/h3-7,11H,1-2H3. The molecule has 2 rings (SSSR count). The first-order valence-corrected chi connectivity index (χ1v) is 8.74. The Hall–Kier alpha value is -1.18. The molecule has 0 saturated heterocycles. The summed E-state index contributed by atoms with van der Waals surface area (Å²) in [6, 6.07) is 6.63. The first-order chi connectivity index (χ1) is 9.32. The summed E-state index contributed by atoms with van der Waals surface area (Å²) < 4.78 is 28.9. The van der Waals surface area contributed by atoms with E-state index < -0.39 is 20.6 Å². The van der Waals surface area contributed by atoms with Crippen molar-refractivity contribution in [1.29, 1.82) is 0 Å². The molecule has 0 radical (unpaired) electrons. The van der Waals surface area contributed by atoms with Crippen LogP contribution in [0.25, 0.3) is 0 Å². The molecule has 0 N–H and O–H groups in total. The Morgan fingerprint density at radius 1 is 1.45 bits per heavy atom. The second kappa shape index (κ2) is 5.67. The van der Waals surface area contributed by atoms with Crippen molar-refractivity contribution in [2.75, 3.05) is 7.11 Å². The molecule has 0 saturated carbocycles. The largest absolute Gasteiger partial charge is 0.465 e. The number of hydrogen-bond donors (Lipinski definition) is 0. The van der Waals surface area contributed by atoms with Gasteiger partial charge in [0.1, 0.15) is 5.37 Å². The van der Waals surface area contributed by atoms with Crippen LogP contribution in [0.2, 0.25) is 0 Å². The van der Waals surface area contributed by atoms with E-state index in [0.717, 1.165) is 9.21 Å². The fourth-order valence-corrected chi connectivity index (χ4v) is 4.48. The molecular formula is C12H12ClNO4S2. The van der Waals surface area contributed by atoms with Crippen LogP contribution in [0.3, 0.4) is 0 Å². The molecule has 108 valence electrons. The zero-order chi connectivity index (χ0) is 14.9. The molecule has 1 aromatic carbocycles. The molecule has 1 aliphatic heterocycles. The highest BCUT2D eigenvalue weighted by molar-refractivity contribution is 8.13. The molecular weight excluding hydrogens is 322 g/mol. The van der Waals surface area contributed by atoms with Crippen molar-refractivity contribution in [2.24, 2.45) is 0 Å². The third-order valence-corrected chi connectivity index (χ3v) is 5.31. The smallest absolute Gasteiger partial charge is 0.337 e. The SMILES string of the molecule is COC(=O)c1cccc(C2SC(C)=CN2S(=O)(=O)Cl)c1. The highest BCUT2D eigenvalue weighted by atomic mass is 35.7. The van der Waals surface area contributed by atoms with Crippen molar-refractivity contribution in [2.45, 2.75) is 12.3 Å². The molecule has 1 heterocycles. The van der Waals surface area contributed by atoms with Crippen LogP contribution in [-0.4, -0.2) is 25.8 Å². The number of nitrogens with zero attached hydrogens (tertiary/aromatic N) is 1. The number of halogens is 1. The summed E-state index contributed by atoms with van der Waals surface area (Å²) in [6.45, 7) is 1.80. The predicted molar refractivity (Wildman–Crippen MR) is 78.5 cm³/mol. The van der Waals surface area contributed by atoms with E-state index >= 15 is 0 Å². The summed E-state index contributed by atoms with van der Waals surface area (Å²) in [5, 5.41) is -0.512. The highest BCUT2D eigenvalue weighted by Gasteiger charge is 2.33. The fraction of sp³-hybridized carbons (Fsp3) is 0.250. The van der Waals surface area contributed by atoms with Gasteiger partial charge in [0.2, 0.25) is 0 Å². The molecule has 0 bridgehead atoms. The van der Waals surface area contributed by atoms with E-state index in [1.54, 1.807) is 31.2 Å². The molecule has 1 aromatic rings. The van der Waals surface area contributed by atoms with Crippen molar-refractivity contribution in [1.82, 2.24) is 4.31 Å². The van der Waals surface area contributed by atoms with Crippen molar-refractivity contribution in [3.8, 4) is 0 Å². The molecule has 5 nitrogen and oxygen atoms in total. The number of thioether (sulfide) groups is 1. The van der Waals surface area contributed by atoms with Crippen molar-refractivity contribution < 1.29 is 17.9 Å². The Bertz CT molecular complexity index is 672. The van der Waals surface area contributed by atoms with Crippen LogP contribution >= 0.6 is 22.4 Å². The van der Waals surface area contributed by atoms with E-state index in [1.807, 2.05) is 0 Å². The van der Waals surface area contributed by atoms with Gasteiger partial charge >= 0.3 is 15.2 Å². The van der Waals surface area contributed by atoms with Gasteiger partial charge in [-0.2, -0.15) is 8.42 Å². The lowest BCUT2D eigenvalue weighted by Gasteiger charge is -2.21. The van der Waals surface area contributed by atoms with Gasteiger partial charge in [-0.15, -0.1) is 0 Å². The molecule has 1 atom stereocenters. The minimum absolute atomic E-state index is 0.363. The average molecular weight is 334 g/mol. The van der Waals surface area contributed by atoms with Crippen LogP contribution in [-0.2, 0) is 14.0 Å². The summed E-state index contributed by atoms with van der Waals surface area (Å²) in [7, 11) is 2.84. The van der Waals surface area contributed by atoms with Gasteiger partial charge in [0.05, 0.1) is 12.7 Å². The van der Waals surface area contributed by atoms with Crippen LogP contribution in [0, 0.1) is 0 Å². The molecule has 0 amide bonds. The zero-order valence-corrected chi connectivity index (χ0v) is 13.1. The number of carbonyl (C=O) groups is 1. The Labute approximate surface area is 126 Å². The Kier molecular flexibility index (Phi) is 4.31. The van der Waals surface area contributed by atoms with E-state index in [4.69, 9.17) is 10.7 Å². The molecule has 8 heteroatoms. The summed E-state index contributed by atoms with van der Waals surface area (Å²) in [6.07, 6.45) is 1.47. The average Bonchev–Trinajstić information content (AvgIpc) is 2.80. The van der Waals surface area contributed by atoms with Crippen molar-refractivity contribution in [3.05, 3.63) is 46.5 Å². The van der Waals surface area contributed by atoms with Gasteiger partial charge in [-0.25, -0.2) is 9.10 Å². The van der Waals surface area contributed by atoms with Gasteiger partial charge < -0.3 is 4.74 Å². The maximum Gasteiger partial charge on any atom is 0.337 e. The monoisotopic (exact) mass is 333 g/mol. The molecule has 20 heavy (non-hydrogen) atoms. The van der Waals surface area contributed by atoms with E-state index in [1.165, 1.54) is 25.1 Å². The van der Waals surface area contributed by atoms with Gasteiger partial charge in [-0.05, 0) is 24.6 Å². The van der Waals surface area contributed by atoms with Gasteiger partial charge in [0.25, 0.3) is 0 Å². The summed E-state index contributed by atoms with van der Waals surface area (Å²) in [4.78, 5) is 12.3. The number of carbonyl (C=O) groups excluding carboxylic acids is 1. The summed E-state index contributed by atoms with van der Waals surface area (Å²) in [5.41, 5.74) is 1.03. The number of methoxy groups -OCH3 is 1. The molecule has 0 fully saturated rings. The number of esters is 1. The third-order valence-electron chi connectivity index (χ3n) is 2.68. The second-order valence-corrected chi connectivity index (χ2v) is 7.84. The lowest BCUT2D eigenvalue weighted by Crippen LogP contribution is -2.22. The maximum atomic E-state index is 11.6. The Balaban J connectivity index is 2.39. The second-order valence-electron chi connectivity index (χ2n) is 4.10. The Morgan fingerprint density at radius 3 is 2.75 bits per heavy atom. The highest BCUT2D eigenvalue weighted by Crippen LogP contribution is 2.45. The third kappa shape index (κ3) is 3.11. The fourth-order valence-electron chi connectivity index (χ4n) is 1.83. The molecule has 0 aromatic heterocycles. The van der Waals surface area contributed by atoms with Crippen LogP contribution < -0.4 is 0 Å². The number of benzene rings is 1. The molecule has 1 aliphatic rings. The summed E-state index contributed by atoms with van der Waals surface area (Å²) in [5.74, 6) is -0.472. The maximum absolute atomic E-state index is 11.6. The van der Waals surface area contributed by atoms with Crippen LogP contribution in [0.5, 0.6) is 0 Å². The van der Waals surface area contributed by atoms with Gasteiger partial charge in [-0.1, -0.05) is 23.9 Å². The number of hydrogen-bond acceptors (Lipinski definition) is 5. The first-order valence-electron chi connectivity index (χ1n) is 5.59. The van der Waals surface area contributed by atoms with Gasteiger partial charge in [-0.3, -0.25) is 0 Å². The normalized spacial score (nSPS) is 18.9. The quantitative estimate of drug-likeness (QED) is 0.628. The van der Waals surface area contributed by atoms with Gasteiger partial charge in [0.15, 0.2) is 0 Å². The van der Waals surface area contributed by atoms with Crippen LogP contribution in [0.4, 0.5) is 0 Å². The predicted octanol–water partition coefficient (Wildman–Crippen LogP) is 2.87.